The van der Waals surface area contributed by atoms with Crippen molar-refractivity contribution < 1.29 is 19.1 Å². The van der Waals surface area contributed by atoms with Gasteiger partial charge in [0.1, 0.15) is 0 Å². The van der Waals surface area contributed by atoms with Gasteiger partial charge in [-0.25, -0.2) is 4.98 Å². The van der Waals surface area contributed by atoms with Gasteiger partial charge >= 0.3 is 5.97 Å². The Labute approximate surface area is 137 Å². The number of likely N-dealkylation sites (tertiary alicyclic amines) is 1. The summed E-state index contributed by atoms with van der Waals surface area (Å²) in [5, 5.41) is 9.74. The third kappa shape index (κ3) is 2.70. The van der Waals surface area contributed by atoms with E-state index in [4.69, 9.17) is 16.0 Å². The lowest BCUT2D eigenvalue weighted by Crippen LogP contribution is -2.35. The molecular weight excluding hydrogens is 320 g/mol. The van der Waals surface area contributed by atoms with E-state index in [-0.39, 0.29) is 18.1 Å². The van der Waals surface area contributed by atoms with Crippen molar-refractivity contribution in [2.75, 3.05) is 13.1 Å². The molecule has 1 aliphatic rings. The molecule has 1 amide bonds. The average molecular weight is 335 g/mol. The number of benzene rings is 1. The zero-order chi connectivity index (χ0) is 16.6. The number of aliphatic carboxylic acids is 1. The van der Waals surface area contributed by atoms with Gasteiger partial charge in [-0.2, -0.15) is 0 Å². The fourth-order valence-electron chi connectivity index (χ4n) is 2.69. The highest BCUT2D eigenvalue weighted by Crippen LogP contribution is 2.34. The number of carboxylic acid groups (broad SMARTS) is 1. The molecule has 1 aliphatic heterocycles. The Kier molecular flexibility index (Phi) is 3.85. The van der Waals surface area contributed by atoms with Gasteiger partial charge in [0.05, 0.1) is 10.4 Å². The van der Waals surface area contributed by atoms with E-state index in [0.717, 1.165) is 0 Å². The maximum atomic E-state index is 12.7. The zero-order valence-corrected chi connectivity index (χ0v) is 13.2. The summed E-state index contributed by atoms with van der Waals surface area (Å²) >= 11 is 6.15. The van der Waals surface area contributed by atoms with Crippen molar-refractivity contribution in [1.29, 1.82) is 0 Å². The van der Waals surface area contributed by atoms with Crippen molar-refractivity contribution in [3.63, 3.8) is 0 Å². The lowest BCUT2D eigenvalue weighted by Gasteiger charge is -2.19. The summed E-state index contributed by atoms with van der Waals surface area (Å²) in [6, 6.07) is 7.01. The lowest BCUT2D eigenvalue weighted by atomic mass is 9.90. The molecule has 0 unspecified atom stereocenters. The number of aromatic nitrogens is 1. The molecule has 2 heterocycles. The van der Waals surface area contributed by atoms with E-state index in [1.807, 2.05) is 0 Å². The van der Waals surface area contributed by atoms with Crippen LogP contribution in [0.5, 0.6) is 0 Å². The molecule has 3 rings (SSSR count). The Morgan fingerprint density at radius 2 is 2.13 bits per heavy atom. The molecule has 0 spiro atoms. The maximum Gasteiger partial charge on any atom is 0.311 e. The fraction of sp³-hybridized carbons (Fsp3) is 0.312. The number of carbonyl (C=O) groups excluding carboxylic acids is 1. The van der Waals surface area contributed by atoms with Crippen LogP contribution in [0.25, 0.3) is 11.3 Å². The lowest BCUT2D eigenvalue weighted by molar-refractivity contribution is -0.147. The second-order valence-corrected chi connectivity index (χ2v) is 6.26. The SMILES string of the molecule is C[C@]1(C(=O)O)CCN(C(=O)c2ncoc2-c2ccccc2Cl)C1. The fourth-order valence-corrected chi connectivity index (χ4v) is 2.92. The van der Waals surface area contributed by atoms with Gasteiger partial charge in [-0.3, -0.25) is 9.59 Å². The summed E-state index contributed by atoms with van der Waals surface area (Å²) in [5.41, 5.74) is -0.202. The summed E-state index contributed by atoms with van der Waals surface area (Å²) in [7, 11) is 0. The minimum atomic E-state index is -0.927. The van der Waals surface area contributed by atoms with Crippen LogP contribution in [0.3, 0.4) is 0 Å². The molecule has 120 valence electrons. The van der Waals surface area contributed by atoms with Crippen LogP contribution in [-0.2, 0) is 4.79 Å². The molecule has 1 fully saturated rings. The van der Waals surface area contributed by atoms with Crippen LogP contribution in [0.4, 0.5) is 0 Å². The molecule has 7 heteroatoms. The molecule has 1 aromatic heterocycles. The van der Waals surface area contributed by atoms with Crippen LogP contribution in [0.15, 0.2) is 35.1 Å². The number of amides is 1. The van der Waals surface area contributed by atoms with Crippen LogP contribution < -0.4 is 0 Å². The van der Waals surface area contributed by atoms with Gasteiger partial charge in [0.2, 0.25) is 0 Å². The Morgan fingerprint density at radius 3 is 2.78 bits per heavy atom. The van der Waals surface area contributed by atoms with E-state index < -0.39 is 11.4 Å². The molecule has 0 radical (unpaired) electrons. The summed E-state index contributed by atoms with van der Waals surface area (Å²) in [6.45, 7) is 2.16. The summed E-state index contributed by atoms with van der Waals surface area (Å²) in [4.78, 5) is 29.5. The summed E-state index contributed by atoms with van der Waals surface area (Å²) in [6.07, 6.45) is 1.60. The van der Waals surface area contributed by atoms with Gasteiger partial charge in [-0.05, 0) is 25.5 Å². The van der Waals surface area contributed by atoms with E-state index in [2.05, 4.69) is 4.98 Å². The molecule has 1 atom stereocenters. The summed E-state index contributed by atoms with van der Waals surface area (Å²) < 4.78 is 5.35. The number of hydrogen-bond acceptors (Lipinski definition) is 4. The topological polar surface area (TPSA) is 83.6 Å². The number of hydrogen-bond donors (Lipinski definition) is 1. The molecule has 0 saturated carbocycles. The van der Waals surface area contributed by atoms with Gasteiger partial charge < -0.3 is 14.4 Å². The van der Waals surface area contributed by atoms with Crippen LogP contribution in [-0.4, -0.2) is 40.0 Å². The first-order chi connectivity index (χ1) is 10.9. The number of carboxylic acids is 1. The van der Waals surface area contributed by atoms with Crippen LogP contribution in [0, 0.1) is 5.41 Å². The molecule has 1 aromatic carbocycles. The minimum Gasteiger partial charge on any atom is -0.481 e. The number of halogens is 1. The van der Waals surface area contributed by atoms with Gasteiger partial charge in [-0.15, -0.1) is 0 Å². The molecule has 1 N–H and O–H groups in total. The summed E-state index contributed by atoms with van der Waals surface area (Å²) in [5.74, 6) is -0.956. The van der Waals surface area contributed by atoms with Gasteiger partial charge in [0, 0.05) is 18.7 Å². The van der Waals surface area contributed by atoms with Crippen LogP contribution in [0.2, 0.25) is 5.02 Å². The molecule has 6 nitrogen and oxygen atoms in total. The number of oxazole rings is 1. The third-order valence-electron chi connectivity index (χ3n) is 4.17. The van der Waals surface area contributed by atoms with Crippen LogP contribution in [0.1, 0.15) is 23.8 Å². The second kappa shape index (κ2) is 5.70. The monoisotopic (exact) mass is 334 g/mol. The van der Waals surface area contributed by atoms with E-state index in [9.17, 15) is 14.7 Å². The van der Waals surface area contributed by atoms with E-state index in [1.54, 1.807) is 31.2 Å². The molecule has 1 saturated heterocycles. The molecular formula is C16H15ClN2O4. The normalized spacial score (nSPS) is 20.7. The van der Waals surface area contributed by atoms with E-state index in [1.165, 1.54) is 11.3 Å². The quantitative estimate of drug-likeness (QED) is 0.933. The predicted octanol–water partition coefficient (Wildman–Crippen LogP) is 2.93. The van der Waals surface area contributed by atoms with Crippen molar-refractivity contribution >= 4 is 23.5 Å². The first kappa shape index (κ1) is 15.6. The maximum absolute atomic E-state index is 12.7. The predicted molar refractivity (Wildman–Crippen MR) is 83.2 cm³/mol. The van der Waals surface area contributed by atoms with E-state index >= 15 is 0 Å². The Hall–Kier alpha value is -2.34. The van der Waals surface area contributed by atoms with Crippen molar-refractivity contribution in [2.24, 2.45) is 5.41 Å². The van der Waals surface area contributed by atoms with Gasteiger partial charge in [0.25, 0.3) is 5.91 Å². The number of carbonyl (C=O) groups is 2. The van der Waals surface area contributed by atoms with Crippen molar-refractivity contribution in [3.8, 4) is 11.3 Å². The zero-order valence-electron chi connectivity index (χ0n) is 12.5. The number of nitrogens with zero attached hydrogens (tertiary/aromatic N) is 2. The Balaban J connectivity index is 1.90. The Bertz CT molecular complexity index is 773. The Morgan fingerprint density at radius 1 is 1.39 bits per heavy atom. The van der Waals surface area contributed by atoms with Gasteiger partial charge in [-0.1, -0.05) is 23.7 Å². The highest BCUT2D eigenvalue weighted by Gasteiger charge is 2.43. The van der Waals surface area contributed by atoms with Gasteiger partial charge in [0.15, 0.2) is 17.8 Å². The molecule has 2 aromatic rings. The van der Waals surface area contributed by atoms with Crippen LogP contribution >= 0.6 is 11.6 Å². The molecule has 0 bridgehead atoms. The van der Waals surface area contributed by atoms with Crippen molar-refractivity contribution in [1.82, 2.24) is 9.88 Å². The molecule has 0 aliphatic carbocycles. The third-order valence-corrected chi connectivity index (χ3v) is 4.49. The number of rotatable bonds is 3. The van der Waals surface area contributed by atoms with Crippen molar-refractivity contribution in [2.45, 2.75) is 13.3 Å². The highest BCUT2D eigenvalue weighted by atomic mass is 35.5. The first-order valence-corrected chi connectivity index (χ1v) is 7.51. The van der Waals surface area contributed by atoms with Crippen molar-refractivity contribution in [3.05, 3.63) is 41.4 Å². The largest absolute Gasteiger partial charge is 0.481 e. The second-order valence-electron chi connectivity index (χ2n) is 5.85. The first-order valence-electron chi connectivity index (χ1n) is 7.13. The average Bonchev–Trinajstić information content (AvgIpc) is 3.15. The standard InChI is InChI=1S/C16H15ClN2O4/c1-16(15(21)22)6-7-19(8-16)14(20)12-13(23-9-18-12)10-4-2-3-5-11(10)17/h2-5,9H,6-8H2,1H3,(H,21,22)/t16-/m0/s1. The smallest absolute Gasteiger partial charge is 0.311 e. The van der Waals surface area contributed by atoms with E-state index in [0.29, 0.717) is 29.3 Å². The molecule has 23 heavy (non-hydrogen) atoms. The highest BCUT2D eigenvalue weighted by molar-refractivity contribution is 6.33. The minimum absolute atomic E-state index is 0.146.